The summed E-state index contributed by atoms with van der Waals surface area (Å²) in [6.07, 6.45) is 4.27. The van der Waals surface area contributed by atoms with E-state index in [1.165, 1.54) is 18.4 Å². The van der Waals surface area contributed by atoms with Gasteiger partial charge in [0.25, 0.3) is 0 Å². The molecule has 1 fully saturated rings. The highest BCUT2D eigenvalue weighted by Crippen LogP contribution is 2.29. The normalized spacial score (nSPS) is 18.8. The van der Waals surface area contributed by atoms with Gasteiger partial charge in [0.2, 0.25) is 0 Å². The van der Waals surface area contributed by atoms with E-state index in [-0.39, 0.29) is 0 Å². The van der Waals surface area contributed by atoms with Crippen LogP contribution < -0.4 is 10.6 Å². The third-order valence-electron chi connectivity index (χ3n) is 3.31. The smallest absolute Gasteiger partial charge is 0.135 e. The van der Waals surface area contributed by atoms with Crippen molar-refractivity contribution in [1.82, 2.24) is 10.3 Å². The number of hydrogen-bond donors (Lipinski definition) is 2. The van der Waals surface area contributed by atoms with E-state index in [2.05, 4.69) is 33.8 Å². The van der Waals surface area contributed by atoms with Crippen LogP contribution in [0, 0.1) is 0 Å². The number of hydrogen-bond acceptors (Lipinski definition) is 3. The average molecular weight is 239 g/mol. The molecule has 1 unspecified atom stereocenters. The van der Waals surface area contributed by atoms with Crippen LogP contribution in [-0.4, -0.2) is 11.5 Å². The highest BCUT2D eigenvalue weighted by Gasteiger charge is 2.19. The lowest BCUT2D eigenvalue weighted by molar-refractivity contribution is 0.647. The Morgan fingerprint density at radius 3 is 2.78 bits per heavy atom. The number of aromatic nitrogens is 1. The van der Waals surface area contributed by atoms with Crippen LogP contribution >= 0.6 is 0 Å². The molecule has 3 nitrogen and oxygen atoms in total. The molecule has 0 spiro atoms. The van der Waals surface area contributed by atoms with Crippen LogP contribution in [0.15, 0.2) is 48.7 Å². The third-order valence-corrected chi connectivity index (χ3v) is 3.31. The van der Waals surface area contributed by atoms with Crippen LogP contribution in [0.3, 0.4) is 0 Å². The van der Waals surface area contributed by atoms with Gasteiger partial charge in [-0.1, -0.05) is 24.3 Å². The molecule has 3 heteroatoms. The van der Waals surface area contributed by atoms with Gasteiger partial charge in [0.1, 0.15) is 5.82 Å². The third kappa shape index (κ3) is 2.36. The van der Waals surface area contributed by atoms with Gasteiger partial charge in [-0.05, 0) is 37.6 Å². The summed E-state index contributed by atoms with van der Waals surface area (Å²) in [5, 5.41) is 6.92. The first-order chi connectivity index (χ1) is 8.93. The van der Waals surface area contributed by atoms with Gasteiger partial charge in [-0.3, -0.25) is 0 Å². The molecule has 18 heavy (non-hydrogen) atoms. The molecule has 92 valence electrons. The van der Waals surface area contributed by atoms with Crippen molar-refractivity contribution in [2.24, 2.45) is 0 Å². The number of pyridine rings is 1. The van der Waals surface area contributed by atoms with E-state index < -0.39 is 0 Å². The van der Waals surface area contributed by atoms with Crippen LogP contribution in [0.5, 0.6) is 0 Å². The van der Waals surface area contributed by atoms with E-state index in [1.54, 1.807) is 0 Å². The predicted molar refractivity (Wildman–Crippen MR) is 73.9 cm³/mol. The molecule has 1 saturated heterocycles. The molecule has 2 aromatic rings. The topological polar surface area (TPSA) is 37.0 Å². The molecule has 0 radical (unpaired) electrons. The zero-order valence-electron chi connectivity index (χ0n) is 10.3. The maximum atomic E-state index is 4.47. The van der Waals surface area contributed by atoms with E-state index in [4.69, 9.17) is 0 Å². The Morgan fingerprint density at radius 1 is 1.11 bits per heavy atom. The minimum absolute atomic E-state index is 0.435. The number of nitrogens with zero attached hydrogens (tertiary/aromatic N) is 1. The second-order valence-corrected chi connectivity index (χ2v) is 4.58. The van der Waals surface area contributed by atoms with Crippen molar-refractivity contribution in [1.29, 1.82) is 0 Å². The van der Waals surface area contributed by atoms with Crippen LogP contribution in [0.2, 0.25) is 0 Å². The Balaban J connectivity index is 1.87. The second-order valence-electron chi connectivity index (χ2n) is 4.58. The number of rotatable bonds is 3. The molecule has 1 atom stereocenters. The van der Waals surface area contributed by atoms with Crippen molar-refractivity contribution >= 4 is 11.5 Å². The quantitative estimate of drug-likeness (QED) is 0.863. The van der Waals surface area contributed by atoms with Gasteiger partial charge in [-0.15, -0.1) is 0 Å². The van der Waals surface area contributed by atoms with Crippen LogP contribution in [-0.2, 0) is 0 Å². The first-order valence-corrected chi connectivity index (χ1v) is 6.44. The van der Waals surface area contributed by atoms with E-state index in [9.17, 15) is 0 Å². The molecule has 1 aromatic carbocycles. The molecule has 1 aliphatic heterocycles. The standard InChI is InChI=1S/C15H17N3/c1-2-6-12(7-3-1)18-15-13(8-4-11-17-15)14-9-5-10-16-14/h1-4,6-8,11,14,16H,5,9-10H2,(H,17,18). The van der Waals surface area contributed by atoms with Crippen molar-refractivity contribution in [3.05, 3.63) is 54.2 Å². The molecular weight excluding hydrogens is 222 g/mol. The molecule has 0 bridgehead atoms. The molecule has 0 amide bonds. The Morgan fingerprint density at radius 2 is 2.00 bits per heavy atom. The van der Waals surface area contributed by atoms with Crippen LogP contribution in [0.4, 0.5) is 11.5 Å². The first-order valence-electron chi connectivity index (χ1n) is 6.44. The zero-order chi connectivity index (χ0) is 12.2. The number of para-hydroxylation sites is 1. The maximum absolute atomic E-state index is 4.47. The zero-order valence-corrected chi connectivity index (χ0v) is 10.3. The molecule has 3 rings (SSSR count). The summed E-state index contributed by atoms with van der Waals surface area (Å²) < 4.78 is 0. The average Bonchev–Trinajstić information content (AvgIpc) is 2.94. The minimum Gasteiger partial charge on any atom is -0.340 e. The summed E-state index contributed by atoms with van der Waals surface area (Å²) in [6.45, 7) is 1.10. The van der Waals surface area contributed by atoms with Crippen LogP contribution in [0.1, 0.15) is 24.4 Å². The molecule has 0 aliphatic carbocycles. The van der Waals surface area contributed by atoms with E-state index in [0.29, 0.717) is 6.04 Å². The molecular formula is C15H17N3. The Bertz CT molecular complexity index is 504. The van der Waals surface area contributed by atoms with E-state index in [1.807, 2.05) is 30.5 Å². The van der Waals surface area contributed by atoms with Gasteiger partial charge in [-0.25, -0.2) is 4.98 Å². The molecule has 1 aromatic heterocycles. The van der Waals surface area contributed by atoms with Gasteiger partial charge < -0.3 is 10.6 Å². The van der Waals surface area contributed by atoms with E-state index >= 15 is 0 Å². The lowest BCUT2D eigenvalue weighted by Gasteiger charge is -2.16. The molecule has 0 saturated carbocycles. The highest BCUT2D eigenvalue weighted by molar-refractivity contribution is 5.59. The fourth-order valence-electron chi connectivity index (χ4n) is 2.41. The Labute approximate surface area is 107 Å². The van der Waals surface area contributed by atoms with Crippen molar-refractivity contribution in [3.8, 4) is 0 Å². The van der Waals surface area contributed by atoms with Crippen molar-refractivity contribution in [2.45, 2.75) is 18.9 Å². The summed E-state index contributed by atoms with van der Waals surface area (Å²) in [4.78, 5) is 4.47. The Kier molecular flexibility index (Phi) is 3.24. The minimum atomic E-state index is 0.435. The summed E-state index contributed by atoms with van der Waals surface area (Å²) >= 11 is 0. The molecule has 1 aliphatic rings. The number of nitrogens with one attached hydrogen (secondary N) is 2. The number of benzene rings is 1. The first kappa shape index (κ1) is 11.2. The fourth-order valence-corrected chi connectivity index (χ4v) is 2.41. The summed E-state index contributed by atoms with van der Waals surface area (Å²) in [5.41, 5.74) is 2.34. The van der Waals surface area contributed by atoms with Gasteiger partial charge in [0, 0.05) is 23.5 Å². The van der Waals surface area contributed by atoms with Crippen molar-refractivity contribution in [2.75, 3.05) is 11.9 Å². The summed E-state index contributed by atoms with van der Waals surface area (Å²) in [7, 11) is 0. The van der Waals surface area contributed by atoms with Gasteiger partial charge >= 0.3 is 0 Å². The van der Waals surface area contributed by atoms with Crippen molar-refractivity contribution in [3.63, 3.8) is 0 Å². The van der Waals surface area contributed by atoms with Gasteiger partial charge in [0.15, 0.2) is 0 Å². The SMILES string of the molecule is c1ccc(Nc2ncccc2C2CCCN2)cc1. The largest absolute Gasteiger partial charge is 0.340 e. The lowest BCUT2D eigenvalue weighted by atomic mass is 10.1. The predicted octanol–water partition coefficient (Wildman–Crippen LogP) is 3.25. The summed E-state index contributed by atoms with van der Waals surface area (Å²) in [6, 6.07) is 14.8. The lowest BCUT2D eigenvalue weighted by Crippen LogP contribution is -2.14. The highest BCUT2D eigenvalue weighted by atomic mass is 15.0. The Hall–Kier alpha value is -1.87. The second kappa shape index (κ2) is 5.19. The fraction of sp³-hybridized carbons (Fsp3) is 0.267. The number of anilines is 2. The monoisotopic (exact) mass is 239 g/mol. The van der Waals surface area contributed by atoms with Crippen molar-refractivity contribution < 1.29 is 0 Å². The molecule has 2 N–H and O–H groups in total. The van der Waals surface area contributed by atoms with Crippen LogP contribution in [0.25, 0.3) is 0 Å². The molecule has 2 heterocycles. The summed E-state index contributed by atoms with van der Waals surface area (Å²) in [5.74, 6) is 0.961. The van der Waals surface area contributed by atoms with Gasteiger partial charge in [-0.2, -0.15) is 0 Å². The van der Waals surface area contributed by atoms with E-state index in [0.717, 1.165) is 18.1 Å². The van der Waals surface area contributed by atoms with Gasteiger partial charge in [0.05, 0.1) is 0 Å². The maximum Gasteiger partial charge on any atom is 0.135 e.